The number of hydrogen-bond acceptors (Lipinski definition) is 2. The molecule has 0 unspecified atom stereocenters. The highest BCUT2D eigenvalue weighted by atomic mass is 19.2. The van der Waals surface area contributed by atoms with Crippen molar-refractivity contribution in [2.75, 3.05) is 6.61 Å². The van der Waals surface area contributed by atoms with Gasteiger partial charge in [0.1, 0.15) is 0 Å². The zero-order valence-corrected chi connectivity index (χ0v) is 11.5. The van der Waals surface area contributed by atoms with Crippen LogP contribution in [0.1, 0.15) is 19.8 Å². The maximum atomic E-state index is 14.1. The molecule has 2 aromatic rings. The first-order valence-electron chi connectivity index (χ1n) is 6.65. The third kappa shape index (κ3) is 2.96. The van der Waals surface area contributed by atoms with Crippen molar-refractivity contribution >= 4 is 0 Å². The predicted octanol–water partition coefficient (Wildman–Crippen LogP) is 4.66. The van der Waals surface area contributed by atoms with Crippen LogP contribution in [0.4, 0.5) is 13.2 Å². The van der Waals surface area contributed by atoms with Crippen molar-refractivity contribution in [1.29, 1.82) is 0 Å². The molecule has 21 heavy (non-hydrogen) atoms. The number of rotatable bonds is 5. The van der Waals surface area contributed by atoms with Crippen LogP contribution in [0.2, 0.25) is 0 Å². The average molecular weight is 296 g/mol. The second-order valence-corrected chi connectivity index (χ2v) is 4.56. The van der Waals surface area contributed by atoms with E-state index < -0.39 is 34.5 Å². The van der Waals surface area contributed by atoms with E-state index in [1.54, 1.807) is 18.2 Å². The second-order valence-electron chi connectivity index (χ2n) is 4.56. The van der Waals surface area contributed by atoms with Gasteiger partial charge in [-0.2, -0.15) is 8.78 Å². The van der Waals surface area contributed by atoms with Crippen molar-refractivity contribution in [3.8, 4) is 22.6 Å². The lowest BCUT2D eigenvalue weighted by Gasteiger charge is -2.13. The Balaban J connectivity index is 2.51. The molecule has 0 saturated carbocycles. The normalized spacial score (nSPS) is 10.7. The molecule has 2 nitrogen and oxygen atoms in total. The van der Waals surface area contributed by atoms with Crippen LogP contribution >= 0.6 is 0 Å². The monoisotopic (exact) mass is 296 g/mol. The number of benzene rings is 2. The SMILES string of the molecule is CCCCOc1c(F)c(O)c(-c2ccccc2)c(F)c1F. The van der Waals surface area contributed by atoms with Gasteiger partial charge in [-0.3, -0.25) is 0 Å². The summed E-state index contributed by atoms with van der Waals surface area (Å²) in [6, 6.07) is 7.74. The fourth-order valence-electron chi connectivity index (χ4n) is 1.94. The molecule has 2 aromatic carbocycles. The van der Waals surface area contributed by atoms with E-state index in [9.17, 15) is 18.3 Å². The van der Waals surface area contributed by atoms with E-state index in [1.165, 1.54) is 12.1 Å². The molecular weight excluding hydrogens is 281 g/mol. The first-order valence-corrected chi connectivity index (χ1v) is 6.65. The maximum Gasteiger partial charge on any atom is 0.210 e. The molecule has 0 radical (unpaired) electrons. The van der Waals surface area contributed by atoms with Crippen LogP contribution in [0.15, 0.2) is 30.3 Å². The molecule has 0 aliphatic rings. The van der Waals surface area contributed by atoms with E-state index in [1.807, 2.05) is 6.92 Å². The molecule has 0 amide bonds. The van der Waals surface area contributed by atoms with Crippen LogP contribution in [0.25, 0.3) is 11.1 Å². The Labute approximate surface area is 120 Å². The zero-order chi connectivity index (χ0) is 15.4. The van der Waals surface area contributed by atoms with E-state index in [4.69, 9.17) is 4.74 Å². The molecule has 1 N–H and O–H groups in total. The molecule has 0 spiro atoms. The van der Waals surface area contributed by atoms with Gasteiger partial charge in [0.25, 0.3) is 0 Å². The van der Waals surface area contributed by atoms with Crippen LogP contribution in [0, 0.1) is 17.5 Å². The molecule has 2 rings (SSSR count). The molecule has 0 aromatic heterocycles. The molecule has 5 heteroatoms. The summed E-state index contributed by atoms with van der Waals surface area (Å²) in [6.45, 7) is 1.93. The number of halogens is 3. The lowest BCUT2D eigenvalue weighted by atomic mass is 10.0. The van der Waals surface area contributed by atoms with E-state index >= 15 is 0 Å². The lowest BCUT2D eigenvalue weighted by Crippen LogP contribution is -2.05. The highest BCUT2D eigenvalue weighted by molar-refractivity contribution is 5.72. The summed E-state index contributed by atoms with van der Waals surface area (Å²) in [6.07, 6.45) is 1.33. The Hall–Kier alpha value is -2.17. The third-order valence-corrected chi connectivity index (χ3v) is 3.06. The minimum Gasteiger partial charge on any atom is -0.504 e. The Morgan fingerprint density at radius 1 is 1.00 bits per heavy atom. The van der Waals surface area contributed by atoms with Gasteiger partial charge in [-0.05, 0) is 12.0 Å². The molecule has 0 aliphatic carbocycles. The molecule has 0 bridgehead atoms. The Bertz CT molecular complexity index is 598. The standard InChI is InChI=1S/C16H15F3O2/c1-2-3-9-21-16-13(18)12(17)11(15(20)14(16)19)10-7-5-4-6-8-10/h4-8,20H,2-3,9H2,1H3. The van der Waals surface area contributed by atoms with Gasteiger partial charge in [0, 0.05) is 0 Å². The zero-order valence-electron chi connectivity index (χ0n) is 11.5. The number of phenols is 1. The Morgan fingerprint density at radius 2 is 1.67 bits per heavy atom. The highest BCUT2D eigenvalue weighted by Gasteiger charge is 2.26. The summed E-state index contributed by atoms with van der Waals surface area (Å²) in [5.41, 5.74) is -0.321. The molecule has 0 saturated heterocycles. The molecular formula is C16H15F3O2. The first kappa shape index (κ1) is 15.2. The number of aromatic hydroxyl groups is 1. The summed E-state index contributed by atoms with van der Waals surface area (Å²) in [5.74, 6) is -5.87. The number of phenolic OH excluding ortho intramolecular Hbond substituents is 1. The third-order valence-electron chi connectivity index (χ3n) is 3.06. The van der Waals surface area contributed by atoms with Gasteiger partial charge >= 0.3 is 0 Å². The topological polar surface area (TPSA) is 29.5 Å². The number of unbranched alkanes of at least 4 members (excludes halogenated alkanes) is 1. The average Bonchev–Trinajstić information content (AvgIpc) is 2.50. The highest BCUT2D eigenvalue weighted by Crippen LogP contribution is 2.41. The van der Waals surface area contributed by atoms with Crippen LogP contribution < -0.4 is 4.74 Å². The Kier molecular flexibility index (Phi) is 4.73. The smallest absolute Gasteiger partial charge is 0.210 e. The summed E-state index contributed by atoms with van der Waals surface area (Å²) in [7, 11) is 0. The van der Waals surface area contributed by atoms with E-state index in [-0.39, 0.29) is 12.2 Å². The van der Waals surface area contributed by atoms with Gasteiger partial charge in [-0.1, -0.05) is 43.7 Å². The minimum absolute atomic E-state index is 0.0495. The largest absolute Gasteiger partial charge is 0.504 e. The van der Waals surface area contributed by atoms with Gasteiger partial charge in [0.2, 0.25) is 11.6 Å². The molecule has 0 fully saturated rings. The minimum atomic E-state index is -1.43. The first-order chi connectivity index (χ1) is 10.1. The van der Waals surface area contributed by atoms with Gasteiger partial charge < -0.3 is 9.84 Å². The molecule has 0 aliphatic heterocycles. The fraction of sp³-hybridized carbons (Fsp3) is 0.250. The van der Waals surface area contributed by atoms with Crippen molar-refractivity contribution in [1.82, 2.24) is 0 Å². The van der Waals surface area contributed by atoms with Gasteiger partial charge in [-0.25, -0.2) is 4.39 Å². The summed E-state index contributed by atoms with van der Waals surface area (Å²) in [4.78, 5) is 0. The van der Waals surface area contributed by atoms with Crippen LogP contribution in [0.3, 0.4) is 0 Å². The molecule has 0 atom stereocenters. The van der Waals surface area contributed by atoms with Crippen molar-refractivity contribution in [3.63, 3.8) is 0 Å². The van der Waals surface area contributed by atoms with Gasteiger partial charge in [-0.15, -0.1) is 0 Å². The van der Waals surface area contributed by atoms with E-state index in [0.717, 1.165) is 6.42 Å². The van der Waals surface area contributed by atoms with Crippen molar-refractivity contribution in [3.05, 3.63) is 47.8 Å². The van der Waals surface area contributed by atoms with Crippen molar-refractivity contribution in [2.45, 2.75) is 19.8 Å². The Morgan fingerprint density at radius 3 is 2.29 bits per heavy atom. The predicted molar refractivity (Wildman–Crippen MR) is 73.8 cm³/mol. The summed E-state index contributed by atoms with van der Waals surface area (Å²) in [5, 5.41) is 9.83. The van der Waals surface area contributed by atoms with Crippen LogP contribution in [0.5, 0.6) is 11.5 Å². The summed E-state index contributed by atoms with van der Waals surface area (Å²) < 4.78 is 47.0. The fourth-order valence-corrected chi connectivity index (χ4v) is 1.94. The maximum absolute atomic E-state index is 14.1. The van der Waals surface area contributed by atoms with Gasteiger partial charge in [0.15, 0.2) is 17.3 Å². The second kappa shape index (κ2) is 6.52. The van der Waals surface area contributed by atoms with E-state index in [2.05, 4.69) is 0 Å². The van der Waals surface area contributed by atoms with Crippen molar-refractivity contribution < 1.29 is 23.0 Å². The molecule has 0 heterocycles. The van der Waals surface area contributed by atoms with Crippen LogP contribution in [-0.4, -0.2) is 11.7 Å². The quantitative estimate of drug-likeness (QED) is 0.642. The van der Waals surface area contributed by atoms with Crippen molar-refractivity contribution in [2.24, 2.45) is 0 Å². The summed E-state index contributed by atoms with van der Waals surface area (Å²) >= 11 is 0. The number of ether oxygens (including phenoxy) is 1. The van der Waals surface area contributed by atoms with Crippen LogP contribution in [-0.2, 0) is 0 Å². The number of hydrogen-bond donors (Lipinski definition) is 1. The molecule has 112 valence electrons. The van der Waals surface area contributed by atoms with Gasteiger partial charge in [0.05, 0.1) is 12.2 Å². The van der Waals surface area contributed by atoms with E-state index in [0.29, 0.717) is 6.42 Å². The lowest BCUT2D eigenvalue weighted by molar-refractivity contribution is 0.267.